The van der Waals surface area contributed by atoms with Crippen LogP contribution in [0.5, 0.6) is 0 Å². The average Bonchev–Trinajstić information content (AvgIpc) is 2.45. The zero-order valence-corrected chi connectivity index (χ0v) is 11.4. The van der Waals surface area contributed by atoms with Gasteiger partial charge in [-0.3, -0.25) is 9.20 Å². The molecule has 0 aliphatic rings. The van der Waals surface area contributed by atoms with E-state index < -0.39 is 23.3 Å². The van der Waals surface area contributed by atoms with Crippen molar-refractivity contribution in [1.29, 1.82) is 0 Å². The summed E-state index contributed by atoms with van der Waals surface area (Å²) in [4.78, 5) is 27.1. The van der Waals surface area contributed by atoms with E-state index in [1.54, 1.807) is 6.92 Å². The van der Waals surface area contributed by atoms with E-state index in [4.69, 9.17) is 0 Å². The molecule has 0 spiro atoms. The van der Waals surface area contributed by atoms with Gasteiger partial charge in [-0.25, -0.2) is 9.78 Å². The molecule has 2 rings (SSSR count). The summed E-state index contributed by atoms with van der Waals surface area (Å²) in [5, 5.41) is 0. The molecule has 0 atom stereocenters. The lowest BCUT2D eigenvalue weighted by Crippen LogP contribution is -2.18. The Morgan fingerprint density at radius 2 is 2.18 bits per heavy atom. The molecule has 0 saturated heterocycles. The molecule has 2 heterocycles. The first kappa shape index (κ1) is 15.7. The molecule has 0 N–H and O–H groups in total. The number of aromatic nitrogens is 2. The zero-order chi connectivity index (χ0) is 16.3. The Bertz CT molecular complexity index is 794. The first-order chi connectivity index (χ1) is 10.3. The summed E-state index contributed by atoms with van der Waals surface area (Å²) >= 11 is 0. The van der Waals surface area contributed by atoms with E-state index in [1.165, 1.54) is 6.08 Å². The number of carbonyl (C=O) groups is 1. The Balaban J connectivity index is 2.43. The quantitative estimate of drug-likeness (QED) is 0.644. The normalized spacial score (nSPS) is 12.0. The van der Waals surface area contributed by atoms with E-state index in [0.717, 1.165) is 35.0 Å². The molecule has 0 unspecified atom stereocenters. The summed E-state index contributed by atoms with van der Waals surface area (Å²) in [5.74, 6) is -0.626. The van der Waals surface area contributed by atoms with Gasteiger partial charge in [0.1, 0.15) is 5.65 Å². The van der Waals surface area contributed by atoms with Crippen LogP contribution in [-0.2, 0) is 15.7 Å². The lowest BCUT2D eigenvalue weighted by atomic mass is 10.2. The van der Waals surface area contributed by atoms with Gasteiger partial charge in [-0.1, -0.05) is 0 Å². The molecule has 22 heavy (non-hydrogen) atoms. The van der Waals surface area contributed by atoms with Gasteiger partial charge in [0.05, 0.1) is 17.7 Å². The molecule has 2 aromatic rings. The van der Waals surface area contributed by atoms with E-state index in [0.29, 0.717) is 0 Å². The highest BCUT2D eigenvalue weighted by Crippen LogP contribution is 2.29. The molecule has 0 aromatic carbocycles. The van der Waals surface area contributed by atoms with Gasteiger partial charge in [-0.2, -0.15) is 13.2 Å². The van der Waals surface area contributed by atoms with Crippen LogP contribution in [-0.4, -0.2) is 22.0 Å². The molecule has 0 radical (unpaired) electrons. The molecule has 0 aliphatic carbocycles. The number of hydrogen-bond donors (Lipinski definition) is 0. The monoisotopic (exact) mass is 312 g/mol. The smallest absolute Gasteiger partial charge is 0.416 e. The van der Waals surface area contributed by atoms with Crippen molar-refractivity contribution in [2.75, 3.05) is 6.61 Å². The third-order valence-corrected chi connectivity index (χ3v) is 2.75. The number of rotatable bonds is 3. The number of ether oxygens (including phenoxy) is 1. The number of halogens is 3. The number of esters is 1. The molecule has 116 valence electrons. The topological polar surface area (TPSA) is 60.7 Å². The Kier molecular flexibility index (Phi) is 4.30. The van der Waals surface area contributed by atoms with Crippen LogP contribution < -0.4 is 5.56 Å². The van der Waals surface area contributed by atoms with E-state index in [1.807, 2.05) is 0 Å². The van der Waals surface area contributed by atoms with E-state index in [9.17, 15) is 22.8 Å². The molecular formula is C14H11F3N2O3. The van der Waals surface area contributed by atoms with E-state index in [2.05, 4.69) is 9.72 Å². The Hall–Kier alpha value is -2.64. The highest BCUT2D eigenvalue weighted by molar-refractivity contribution is 5.86. The summed E-state index contributed by atoms with van der Waals surface area (Å²) in [6.45, 7) is 1.83. The largest absolute Gasteiger partial charge is 0.463 e. The Morgan fingerprint density at radius 1 is 1.45 bits per heavy atom. The van der Waals surface area contributed by atoms with Gasteiger partial charge in [0.2, 0.25) is 0 Å². The molecule has 0 saturated carbocycles. The Morgan fingerprint density at radius 3 is 2.82 bits per heavy atom. The van der Waals surface area contributed by atoms with Gasteiger partial charge >= 0.3 is 12.1 Å². The van der Waals surface area contributed by atoms with Crippen LogP contribution in [0.4, 0.5) is 13.2 Å². The fourth-order valence-corrected chi connectivity index (χ4v) is 1.73. The minimum absolute atomic E-state index is 0.0605. The van der Waals surface area contributed by atoms with Crippen molar-refractivity contribution >= 4 is 17.7 Å². The zero-order valence-electron chi connectivity index (χ0n) is 11.4. The van der Waals surface area contributed by atoms with Crippen molar-refractivity contribution in [3.63, 3.8) is 0 Å². The van der Waals surface area contributed by atoms with Gasteiger partial charge in [-0.15, -0.1) is 0 Å². The van der Waals surface area contributed by atoms with Crippen LogP contribution in [0.25, 0.3) is 11.7 Å². The average molecular weight is 312 g/mol. The summed E-state index contributed by atoms with van der Waals surface area (Å²) in [5.41, 5.74) is -1.55. The third kappa shape index (κ3) is 3.33. The van der Waals surface area contributed by atoms with Crippen molar-refractivity contribution < 1.29 is 22.7 Å². The lowest BCUT2D eigenvalue weighted by Gasteiger charge is -2.08. The predicted octanol–water partition coefficient (Wildman–Crippen LogP) is 2.29. The van der Waals surface area contributed by atoms with Gasteiger partial charge in [0.25, 0.3) is 5.56 Å². The first-order valence-corrected chi connectivity index (χ1v) is 6.26. The van der Waals surface area contributed by atoms with Crippen LogP contribution in [0.3, 0.4) is 0 Å². The molecule has 0 amide bonds. The van der Waals surface area contributed by atoms with Crippen LogP contribution in [0.15, 0.2) is 35.4 Å². The minimum atomic E-state index is -4.51. The molecule has 5 nitrogen and oxygen atoms in total. The second-order valence-electron chi connectivity index (χ2n) is 4.25. The highest BCUT2D eigenvalue weighted by Gasteiger charge is 2.30. The second-order valence-corrected chi connectivity index (χ2v) is 4.25. The van der Waals surface area contributed by atoms with Gasteiger partial charge < -0.3 is 4.74 Å². The lowest BCUT2D eigenvalue weighted by molar-refractivity contribution is -0.138. The summed E-state index contributed by atoms with van der Waals surface area (Å²) in [6, 6.07) is 1.56. The van der Waals surface area contributed by atoms with Crippen molar-refractivity contribution in [2.45, 2.75) is 13.1 Å². The summed E-state index contributed by atoms with van der Waals surface area (Å²) < 4.78 is 43.4. The van der Waals surface area contributed by atoms with E-state index in [-0.39, 0.29) is 17.8 Å². The molecule has 0 aliphatic heterocycles. The van der Waals surface area contributed by atoms with Gasteiger partial charge in [-0.05, 0) is 25.1 Å². The molecule has 0 bridgehead atoms. The maximum atomic E-state index is 12.6. The van der Waals surface area contributed by atoms with Crippen LogP contribution >= 0.6 is 0 Å². The summed E-state index contributed by atoms with van der Waals surface area (Å²) in [6.07, 6.45) is -0.152. The maximum absolute atomic E-state index is 12.6. The van der Waals surface area contributed by atoms with Crippen LogP contribution in [0.2, 0.25) is 0 Å². The van der Waals surface area contributed by atoms with Crippen molar-refractivity contribution in [2.24, 2.45) is 0 Å². The maximum Gasteiger partial charge on any atom is 0.416 e. The molecule has 8 heteroatoms. The van der Waals surface area contributed by atoms with Crippen molar-refractivity contribution in [3.05, 3.63) is 52.1 Å². The Labute approximate surface area is 122 Å². The van der Waals surface area contributed by atoms with Crippen molar-refractivity contribution in [3.8, 4) is 0 Å². The van der Waals surface area contributed by atoms with Crippen LogP contribution in [0, 0.1) is 0 Å². The summed E-state index contributed by atoms with van der Waals surface area (Å²) in [7, 11) is 0. The fraction of sp³-hybridized carbons (Fsp3) is 0.214. The fourth-order valence-electron chi connectivity index (χ4n) is 1.73. The first-order valence-electron chi connectivity index (χ1n) is 6.26. The molecule has 2 aromatic heterocycles. The highest BCUT2D eigenvalue weighted by atomic mass is 19.4. The molecule has 0 fully saturated rings. The second kappa shape index (κ2) is 6.00. The SMILES string of the molecule is CCOC(=O)/C=C/c1cnc2cc(C(F)(F)F)ccn2c1=O. The number of alkyl halides is 3. The third-order valence-electron chi connectivity index (χ3n) is 2.75. The van der Waals surface area contributed by atoms with E-state index >= 15 is 0 Å². The number of fused-ring (bicyclic) bond motifs is 1. The van der Waals surface area contributed by atoms with Gasteiger partial charge in [0.15, 0.2) is 0 Å². The number of nitrogens with zero attached hydrogens (tertiary/aromatic N) is 2. The predicted molar refractivity (Wildman–Crippen MR) is 72.1 cm³/mol. The molecular weight excluding hydrogens is 301 g/mol. The van der Waals surface area contributed by atoms with Crippen LogP contribution in [0.1, 0.15) is 18.1 Å². The van der Waals surface area contributed by atoms with Crippen molar-refractivity contribution in [1.82, 2.24) is 9.38 Å². The number of carbonyl (C=O) groups excluding carboxylic acids is 1. The van der Waals surface area contributed by atoms with Gasteiger partial charge in [0, 0.05) is 18.5 Å². The minimum Gasteiger partial charge on any atom is -0.463 e. The number of pyridine rings is 1. The number of hydrogen-bond acceptors (Lipinski definition) is 4. The standard InChI is InChI=1S/C14H11F3N2O3/c1-2-22-12(20)4-3-9-8-18-11-7-10(14(15,16)17)5-6-19(11)13(9)21/h3-8H,2H2,1H3/b4-3+.